The molecule has 0 radical (unpaired) electrons. The lowest BCUT2D eigenvalue weighted by molar-refractivity contribution is -0.145. The van der Waals surface area contributed by atoms with E-state index in [9.17, 15) is 14.4 Å². The quantitative estimate of drug-likeness (QED) is 0.571. The summed E-state index contributed by atoms with van der Waals surface area (Å²) in [5.41, 5.74) is 0. The number of thiazole rings is 1. The predicted octanol–water partition coefficient (Wildman–Crippen LogP) is -0.130. The summed E-state index contributed by atoms with van der Waals surface area (Å²) in [4.78, 5) is 36.3. The van der Waals surface area contributed by atoms with E-state index in [1.54, 1.807) is 11.6 Å². The fourth-order valence-corrected chi connectivity index (χ4v) is 1.64. The molecule has 0 fully saturated rings. The van der Waals surface area contributed by atoms with Gasteiger partial charge in [0.05, 0.1) is 13.0 Å². The zero-order valence-electron chi connectivity index (χ0n) is 9.12. The average molecular weight is 273 g/mol. The Hall–Kier alpha value is -2.16. The predicted molar refractivity (Wildman–Crippen MR) is 61.2 cm³/mol. The Morgan fingerprint density at radius 3 is 2.61 bits per heavy atom. The second-order valence-electron chi connectivity index (χ2n) is 3.24. The highest BCUT2D eigenvalue weighted by Gasteiger charge is 2.22. The summed E-state index contributed by atoms with van der Waals surface area (Å²) in [5, 5.41) is 24.0. The van der Waals surface area contributed by atoms with E-state index in [4.69, 9.17) is 10.2 Å². The fourth-order valence-electron chi connectivity index (χ4n) is 1.08. The number of urea groups is 1. The Labute approximate surface area is 106 Å². The number of aromatic nitrogens is 1. The molecule has 1 aromatic heterocycles. The van der Waals surface area contributed by atoms with Crippen LogP contribution in [0.5, 0.6) is 0 Å². The highest BCUT2D eigenvalue weighted by molar-refractivity contribution is 7.09. The molecule has 1 unspecified atom stereocenters. The average Bonchev–Trinajstić information content (AvgIpc) is 2.77. The van der Waals surface area contributed by atoms with Crippen molar-refractivity contribution in [3.63, 3.8) is 0 Å². The zero-order valence-corrected chi connectivity index (χ0v) is 9.94. The molecule has 18 heavy (non-hydrogen) atoms. The molecule has 0 saturated carbocycles. The van der Waals surface area contributed by atoms with Gasteiger partial charge < -0.3 is 20.8 Å². The molecule has 0 aromatic carbocycles. The summed E-state index contributed by atoms with van der Waals surface area (Å²) in [6, 6.07) is -2.21. The van der Waals surface area contributed by atoms with Gasteiger partial charge in [0, 0.05) is 11.6 Å². The van der Waals surface area contributed by atoms with E-state index in [1.165, 1.54) is 11.3 Å². The minimum Gasteiger partial charge on any atom is -0.481 e. The van der Waals surface area contributed by atoms with Crippen LogP contribution in [-0.4, -0.2) is 39.2 Å². The van der Waals surface area contributed by atoms with Crippen molar-refractivity contribution >= 4 is 29.3 Å². The minimum absolute atomic E-state index is 0.156. The first-order valence-electron chi connectivity index (χ1n) is 4.86. The van der Waals surface area contributed by atoms with Gasteiger partial charge in [-0.3, -0.25) is 4.79 Å². The summed E-state index contributed by atoms with van der Waals surface area (Å²) in [6.07, 6.45) is 0.893. The Morgan fingerprint density at radius 2 is 2.11 bits per heavy atom. The van der Waals surface area contributed by atoms with Gasteiger partial charge >= 0.3 is 18.0 Å². The monoisotopic (exact) mass is 273 g/mol. The van der Waals surface area contributed by atoms with Crippen LogP contribution < -0.4 is 10.6 Å². The number of hydrogen-bond donors (Lipinski definition) is 4. The van der Waals surface area contributed by atoms with E-state index in [0.717, 1.165) is 0 Å². The Kier molecular flexibility index (Phi) is 5.06. The van der Waals surface area contributed by atoms with Crippen molar-refractivity contribution in [1.29, 1.82) is 0 Å². The molecule has 0 aliphatic carbocycles. The first-order chi connectivity index (χ1) is 8.49. The van der Waals surface area contributed by atoms with Gasteiger partial charge in [-0.1, -0.05) is 0 Å². The third-order valence-corrected chi connectivity index (χ3v) is 2.65. The molecule has 98 valence electrons. The summed E-state index contributed by atoms with van der Waals surface area (Å²) in [5.74, 6) is -2.70. The number of aliphatic carboxylic acids is 2. The maximum absolute atomic E-state index is 11.3. The SMILES string of the molecule is O=C(O)CC(NC(=O)NCc1nccs1)C(=O)O. The van der Waals surface area contributed by atoms with Crippen LogP contribution in [0, 0.1) is 0 Å². The molecule has 0 saturated heterocycles. The molecule has 8 nitrogen and oxygen atoms in total. The van der Waals surface area contributed by atoms with Crippen molar-refractivity contribution in [2.24, 2.45) is 0 Å². The van der Waals surface area contributed by atoms with Gasteiger partial charge in [0.25, 0.3) is 0 Å². The normalized spacial score (nSPS) is 11.6. The number of carbonyl (C=O) groups excluding carboxylic acids is 1. The van der Waals surface area contributed by atoms with E-state index < -0.39 is 30.4 Å². The maximum Gasteiger partial charge on any atom is 0.326 e. The van der Waals surface area contributed by atoms with Crippen LogP contribution in [0.3, 0.4) is 0 Å². The standard InChI is InChI=1S/C9H11N3O5S/c13-7(14)3-5(8(15)16)12-9(17)11-4-6-10-1-2-18-6/h1-2,5H,3-4H2,(H,13,14)(H,15,16)(H2,11,12,17). The largest absolute Gasteiger partial charge is 0.481 e. The molecule has 2 amide bonds. The van der Waals surface area contributed by atoms with Gasteiger partial charge in [-0.05, 0) is 0 Å². The fraction of sp³-hybridized carbons (Fsp3) is 0.333. The molecule has 1 aromatic rings. The van der Waals surface area contributed by atoms with E-state index >= 15 is 0 Å². The summed E-state index contributed by atoms with van der Waals surface area (Å²) in [6.45, 7) is 0.156. The molecule has 0 aliphatic rings. The third kappa shape index (κ3) is 4.78. The van der Waals surface area contributed by atoms with Crippen LogP contribution in [0.1, 0.15) is 11.4 Å². The molecule has 1 rings (SSSR count). The Morgan fingerprint density at radius 1 is 1.39 bits per heavy atom. The Bertz CT molecular complexity index is 433. The minimum atomic E-state index is -1.46. The molecule has 1 atom stereocenters. The Balaban J connectivity index is 2.41. The van der Waals surface area contributed by atoms with Crippen LogP contribution in [-0.2, 0) is 16.1 Å². The summed E-state index contributed by atoms with van der Waals surface area (Å²) < 4.78 is 0. The number of hydrogen-bond acceptors (Lipinski definition) is 5. The molecule has 4 N–H and O–H groups in total. The summed E-state index contributed by atoms with van der Waals surface area (Å²) >= 11 is 1.34. The zero-order chi connectivity index (χ0) is 13.5. The number of carboxylic acids is 2. The number of carbonyl (C=O) groups is 3. The van der Waals surface area contributed by atoms with Gasteiger partial charge in [-0.15, -0.1) is 11.3 Å². The van der Waals surface area contributed by atoms with E-state index in [1.807, 2.05) is 0 Å². The van der Waals surface area contributed by atoms with Crippen molar-refractivity contribution in [2.45, 2.75) is 19.0 Å². The maximum atomic E-state index is 11.3. The molecule has 1 heterocycles. The molecule has 0 aliphatic heterocycles. The number of rotatable bonds is 6. The van der Waals surface area contributed by atoms with Crippen molar-refractivity contribution in [3.8, 4) is 0 Å². The first kappa shape index (κ1) is 13.9. The number of nitrogens with one attached hydrogen (secondary N) is 2. The third-order valence-electron chi connectivity index (χ3n) is 1.87. The van der Waals surface area contributed by atoms with Gasteiger partial charge in [-0.25, -0.2) is 14.6 Å². The van der Waals surface area contributed by atoms with Crippen LogP contribution >= 0.6 is 11.3 Å². The highest BCUT2D eigenvalue weighted by atomic mass is 32.1. The second kappa shape index (κ2) is 6.55. The molecule has 0 bridgehead atoms. The lowest BCUT2D eigenvalue weighted by Gasteiger charge is -2.12. The van der Waals surface area contributed by atoms with Gasteiger partial charge in [-0.2, -0.15) is 0 Å². The highest BCUT2D eigenvalue weighted by Crippen LogP contribution is 2.02. The number of carboxylic acid groups (broad SMARTS) is 2. The van der Waals surface area contributed by atoms with Crippen molar-refractivity contribution in [1.82, 2.24) is 15.6 Å². The molecule has 0 spiro atoms. The molecular weight excluding hydrogens is 262 g/mol. The van der Waals surface area contributed by atoms with E-state index in [-0.39, 0.29) is 6.54 Å². The van der Waals surface area contributed by atoms with Gasteiger partial charge in [0.1, 0.15) is 11.0 Å². The van der Waals surface area contributed by atoms with Crippen LogP contribution in [0.4, 0.5) is 4.79 Å². The van der Waals surface area contributed by atoms with Crippen LogP contribution in [0.15, 0.2) is 11.6 Å². The van der Waals surface area contributed by atoms with E-state index in [0.29, 0.717) is 5.01 Å². The van der Waals surface area contributed by atoms with E-state index in [2.05, 4.69) is 15.6 Å². The molecular formula is C9H11N3O5S. The van der Waals surface area contributed by atoms with Gasteiger partial charge in [0.15, 0.2) is 0 Å². The topological polar surface area (TPSA) is 129 Å². The lowest BCUT2D eigenvalue weighted by atomic mass is 10.2. The smallest absolute Gasteiger partial charge is 0.326 e. The molecule has 9 heteroatoms. The first-order valence-corrected chi connectivity index (χ1v) is 5.74. The lowest BCUT2D eigenvalue weighted by Crippen LogP contribution is -2.46. The number of nitrogens with zero attached hydrogens (tertiary/aromatic N) is 1. The number of amides is 2. The van der Waals surface area contributed by atoms with Crippen LogP contribution in [0.2, 0.25) is 0 Å². The van der Waals surface area contributed by atoms with Crippen molar-refractivity contribution in [2.75, 3.05) is 0 Å². The van der Waals surface area contributed by atoms with Crippen molar-refractivity contribution < 1.29 is 24.6 Å². The van der Waals surface area contributed by atoms with Gasteiger partial charge in [0.2, 0.25) is 0 Å². The second-order valence-corrected chi connectivity index (χ2v) is 4.22. The summed E-state index contributed by atoms with van der Waals surface area (Å²) in [7, 11) is 0. The van der Waals surface area contributed by atoms with Crippen LogP contribution in [0.25, 0.3) is 0 Å². The van der Waals surface area contributed by atoms with Crippen molar-refractivity contribution in [3.05, 3.63) is 16.6 Å².